The lowest BCUT2D eigenvalue weighted by Crippen LogP contribution is -2.29. The number of fused-ring (bicyclic) bond motifs is 2. The first-order valence-electron chi connectivity index (χ1n) is 12.9. The zero-order chi connectivity index (χ0) is 29.1. The lowest BCUT2D eigenvalue weighted by molar-refractivity contribution is -0.192. The maximum absolute atomic E-state index is 13.3. The second-order valence-corrected chi connectivity index (χ2v) is 11.2. The molecule has 2 aromatic heterocycles. The van der Waals surface area contributed by atoms with Crippen LogP contribution in [0.15, 0.2) is 77.9 Å². The molecule has 1 saturated heterocycles. The zero-order valence-electron chi connectivity index (χ0n) is 21.7. The van der Waals surface area contributed by atoms with Gasteiger partial charge in [0.15, 0.2) is 0 Å². The smallest absolute Gasteiger partial charge is 0.475 e. The molecule has 6 nitrogen and oxygen atoms in total. The Hall–Kier alpha value is -3.73. The van der Waals surface area contributed by atoms with Crippen LogP contribution in [0.1, 0.15) is 24.8 Å². The number of carboxylic acid groups (broad SMARTS) is 1. The molecule has 5 aromatic rings. The number of hydrogen-bond donors (Lipinski definition) is 1. The van der Waals surface area contributed by atoms with Gasteiger partial charge in [0.2, 0.25) is 0 Å². The molecule has 0 saturated carbocycles. The highest BCUT2D eigenvalue weighted by Crippen LogP contribution is 2.32. The first-order valence-corrected chi connectivity index (χ1v) is 14.1. The Kier molecular flexibility index (Phi) is 8.44. The van der Waals surface area contributed by atoms with Crippen LogP contribution in [0.4, 0.5) is 13.2 Å². The predicted molar refractivity (Wildman–Crippen MR) is 156 cm³/mol. The minimum absolute atomic E-state index is 0.0451. The molecule has 0 unspecified atom stereocenters. The van der Waals surface area contributed by atoms with Crippen LogP contribution >= 0.6 is 22.9 Å². The largest absolute Gasteiger partial charge is 0.490 e. The zero-order valence-corrected chi connectivity index (χ0v) is 23.3. The van der Waals surface area contributed by atoms with Gasteiger partial charge in [-0.2, -0.15) is 13.2 Å². The minimum atomic E-state index is -5.08. The molecule has 1 aliphatic heterocycles. The molecule has 212 valence electrons. The number of rotatable bonds is 4. The molecule has 0 atom stereocenters. The second-order valence-electron chi connectivity index (χ2n) is 9.76. The first kappa shape index (κ1) is 28.8. The summed E-state index contributed by atoms with van der Waals surface area (Å²) in [5, 5.41) is 10.1. The third-order valence-corrected chi connectivity index (χ3v) is 8.24. The summed E-state index contributed by atoms with van der Waals surface area (Å²) in [7, 11) is 0. The van der Waals surface area contributed by atoms with Crippen LogP contribution in [-0.2, 0) is 11.3 Å². The van der Waals surface area contributed by atoms with Crippen molar-refractivity contribution in [1.29, 1.82) is 0 Å². The van der Waals surface area contributed by atoms with E-state index in [4.69, 9.17) is 21.5 Å². The van der Waals surface area contributed by atoms with E-state index in [1.165, 1.54) is 54.6 Å². The fraction of sp³-hybridized carbons (Fsp3) is 0.233. The Morgan fingerprint density at radius 2 is 1.61 bits per heavy atom. The van der Waals surface area contributed by atoms with Crippen molar-refractivity contribution < 1.29 is 23.1 Å². The number of hydrogen-bond acceptors (Lipinski definition) is 5. The average Bonchev–Trinajstić information content (AvgIpc) is 3.39. The fourth-order valence-electron chi connectivity index (χ4n) is 4.76. The van der Waals surface area contributed by atoms with Gasteiger partial charge in [0.1, 0.15) is 11.0 Å². The quantitative estimate of drug-likeness (QED) is 0.231. The molecular formula is C30H25ClF3N3O3S. The summed E-state index contributed by atoms with van der Waals surface area (Å²) in [4.78, 5) is 30.4. The van der Waals surface area contributed by atoms with Crippen molar-refractivity contribution in [3.63, 3.8) is 0 Å². The minimum Gasteiger partial charge on any atom is -0.475 e. The molecule has 3 heterocycles. The molecule has 41 heavy (non-hydrogen) atoms. The van der Waals surface area contributed by atoms with Gasteiger partial charge in [-0.25, -0.2) is 9.78 Å². The van der Waals surface area contributed by atoms with Gasteiger partial charge in [-0.05, 0) is 84.2 Å². The van der Waals surface area contributed by atoms with Gasteiger partial charge in [0.25, 0.3) is 5.56 Å². The van der Waals surface area contributed by atoms with Crippen molar-refractivity contribution in [2.24, 2.45) is 0 Å². The highest BCUT2D eigenvalue weighted by atomic mass is 35.5. The molecular weight excluding hydrogens is 575 g/mol. The number of alkyl halides is 3. The van der Waals surface area contributed by atoms with Gasteiger partial charge < -0.3 is 5.11 Å². The first-order chi connectivity index (χ1) is 19.6. The fourth-order valence-corrected chi connectivity index (χ4v) is 5.93. The number of piperidine rings is 1. The monoisotopic (exact) mass is 599 g/mol. The average molecular weight is 600 g/mol. The van der Waals surface area contributed by atoms with E-state index in [9.17, 15) is 18.0 Å². The number of benzene rings is 3. The van der Waals surface area contributed by atoms with Crippen LogP contribution in [0.2, 0.25) is 5.02 Å². The number of carboxylic acids is 1. The maximum Gasteiger partial charge on any atom is 0.490 e. The van der Waals surface area contributed by atoms with E-state index in [0.29, 0.717) is 9.72 Å². The van der Waals surface area contributed by atoms with Crippen LogP contribution < -0.4 is 5.56 Å². The summed E-state index contributed by atoms with van der Waals surface area (Å²) in [6, 6.07) is 22.5. The third-order valence-electron chi connectivity index (χ3n) is 6.83. The van der Waals surface area contributed by atoms with Gasteiger partial charge in [-0.3, -0.25) is 14.3 Å². The Morgan fingerprint density at radius 1 is 0.951 bits per heavy atom. The van der Waals surface area contributed by atoms with Crippen LogP contribution in [0.3, 0.4) is 0 Å². The normalized spacial score (nSPS) is 14.1. The highest BCUT2D eigenvalue weighted by molar-refractivity contribution is 7.22. The lowest BCUT2D eigenvalue weighted by Gasteiger charge is -2.26. The SMILES string of the molecule is O=C(O)C(F)(F)F.O=c1c2sc(-c3ccc(Cl)cc3)cc2ncn1-c1ccc2cc(CN3CCCCC3)ccc2c1. The molecule has 0 amide bonds. The second kappa shape index (κ2) is 12.0. The summed E-state index contributed by atoms with van der Waals surface area (Å²) < 4.78 is 34.0. The molecule has 1 fully saturated rings. The van der Waals surface area contributed by atoms with Gasteiger partial charge >= 0.3 is 12.1 Å². The van der Waals surface area contributed by atoms with Gasteiger partial charge in [0, 0.05) is 16.4 Å². The molecule has 0 bridgehead atoms. The van der Waals surface area contributed by atoms with E-state index in [2.05, 4.69) is 40.2 Å². The van der Waals surface area contributed by atoms with Gasteiger partial charge in [0.05, 0.1) is 11.2 Å². The van der Waals surface area contributed by atoms with Crippen molar-refractivity contribution in [2.75, 3.05) is 13.1 Å². The Labute approximate surface area is 242 Å². The molecule has 11 heteroatoms. The van der Waals surface area contributed by atoms with E-state index in [1.54, 1.807) is 10.9 Å². The van der Waals surface area contributed by atoms with Gasteiger partial charge in [-0.15, -0.1) is 11.3 Å². The lowest BCUT2D eigenvalue weighted by atomic mass is 10.0. The third kappa shape index (κ3) is 6.78. The number of nitrogens with zero attached hydrogens (tertiary/aromatic N) is 3. The Balaban J connectivity index is 0.000000431. The predicted octanol–water partition coefficient (Wildman–Crippen LogP) is 7.54. The summed E-state index contributed by atoms with van der Waals surface area (Å²) in [6.07, 6.45) is 0.505. The molecule has 1 N–H and O–H groups in total. The number of halogens is 4. The van der Waals surface area contributed by atoms with Crippen molar-refractivity contribution in [2.45, 2.75) is 32.0 Å². The number of aromatic nitrogens is 2. The number of likely N-dealkylation sites (tertiary alicyclic amines) is 1. The van der Waals surface area contributed by atoms with Crippen LogP contribution in [0, 0.1) is 0 Å². The van der Waals surface area contributed by atoms with Crippen LogP contribution in [0.25, 0.3) is 37.1 Å². The van der Waals surface area contributed by atoms with Gasteiger partial charge in [-0.1, -0.05) is 48.4 Å². The maximum atomic E-state index is 13.3. The summed E-state index contributed by atoms with van der Waals surface area (Å²) in [6.45, 7) is 3.39. The standard InChI is InChI=1S/C28H24ClN3OS.C2HF3O2/c29-23-9-6-20(7-10-23)26-16-25-27(34-26)28(33)32(18-30-25)24-11-8-21-14-19(4-5-22(21)15-24)17-31-12-2-1-3-13-31;3-2(4,5)1(6)7/h4-11,14-16,18H,1-3,12-13,17H2;(H,6,7). The van der Waals surface area contributed by atoms with Crippen molar-refractivity contribution in [3.05, 3.63) is 94.0 Å². The molecule has 1 aliphatic rings. The number of carbonyl (C=O) groups is 1. The number of aliphatic carboxylic acids is 1. The Bertz CT molecular complexity index is 1760. The van der Waals surface area contributed by atoms with Crippen LogP contribution in [0.5, 0.6) is 0 Å². The van der Waals surface area contributed by atoms with E-state index < -0.39 is 12.1 Å². The Morgan fingerprint density at radius 3 is 2.29 bits per heavy atom. The molecule has 0 radical (unpaired) electrons. The van der Waals surface area contributed by atoms with E-state index in [0.717, 1.165) is 33.6 Å². The molecule has 6 rings (SSSR count). The summed E-state index contributed by atoms with van der Waals surface area (Å²) in [5.41, 5.74) is 3.88. The van der Waals surface area contributed by atoms with E-state index >= 15 is 0 Å². The highest BCUT2D eigenvalue weighted by Gasteiger charge is 2.38. The molecule has 0 aliphatic carbocycles. The summed E-state index contributed by atoms with van der Waals surface area (Å²) >= 11 is 7.49. The van der Waals surface area contributed by atoms with Crippen molar-refractivity contribution in [3.8, 4) is 16.1 Å². The topological polar surface area (TPSA) is 75.4 Å². The molecule has 3 aromatic carbocycles. The van der Waals surface area contributed by atoms with Crippen molar-refractivity contribution in [1.82, 2.24) is 14.5 Å². The summed E-state index contributed by atoms with van der Waals surface area (Å²) in [5.74, 6) is -2.76. The van der Waals surface area contributed by atoms with E-state index in [1.807, 2.05) is 36.4 Å². The van der Waals surface area contributed by atoms with Crippen LogP contribution in [-0.4, -0.2) is 44.8 Å². The van der Waals surface area contributed by atoms with E-state index in [-0.39, 0.29) is 5.56 Å². The van der Waals surface area contributed by atoms with Crippen molar-refractivity contribution >= 4 is 49.9 Å². The molecule has 0 spiro atoms. The number of thiophene rings is 1.